The van der Waals surface area contributed by atoms with Gasteiger partial charge in [-0.2, -0.15) is 0 Å². The van der Waals surface area contributed by atoms with Gasteiger partial charge in [-0.1, -0.05) is 34.1 Å². The van der Waals surface area contributed by atoms with Gasteiger partial charge >= 0.3 is 0 Å². The second-order valence-corrected chi connectivity index (χ2v) is 6.82. The third-order valence-electron chi connectivity index (χ3n) is 3.83. The number of anilines is 1. The molecule has 0 radical (unpaired) electrons. The summed E-state index contributed by atoms with van der Waals surface area (Å²) in [5.74, 6) is -0.641. The molecule has 7 heteroatoms. The zero-order valence-corrected chi connectivity index (χ0v) is 15.7. The normalized spacial score (nSPS) is 16.9. The predicted octanol–water partition coefficient (Wildman–Crippen LogP) is 4.02. The topological polar surface area (TPSA) is 53.2 Å². The van der Waals surface area contributed by atoms with Crippen molar-refractivity contribution >= 4 is 44.9 Å². The molecule has 0 saturated heterocycles. The zero-order valence-electron chi connectivity index (χ0n) is 13.3. The van der Waals surface area contributed by atoms with Crippen molar-refractivity contribution in [2.75, 3.05) is 5.32 Å². The molecule has 2 aromatic rings. The lowest BCUT2D eigenvalue weighted by atomic mass is 9.95. The molecule has 1 amide bonds. The average Bonchev–Trinajstić information content (AvgIpc) is 2.56. The quantitative estimate of drug-likeness (QED) is 0.657. The monoisotopic (exact) mass is 419 g/mol. The zero-order chi connectivity index (χ0) is 18.0. The first-order chi connectivity index (χ1) is 12.0. The SMILES string of the molecule is CC1=C(C(=O)Nc2ccc(F)cc2)[C@H](c2ccccc2Br)NC(=S)N1. The lowest BCUT2D eigenvalue weighted by Gasteiger charge is -2.31. The summed E-state index contributed by atoms with van der Waals surface area (Å²) >= 11 is 8.77. The fourth-order valence-electron chi connectivity index (χ4n) is 2.67. The molecular formula is C18H15BrFN3OS. The van der Waals surface area contributed by atoms with Gasteiger partial charge in [0.2, 0.25) is 0 Å². The van der Waals surface area contributed by atoms with Crippen LogP contribution in [0.5, 0.6) is 0 Å². The standard InChI is InChI=1S/C18H15BrFN3OS/c1-10-15(17(24)22-12-8-6-11(20)7-9-12)16(23-18(25)21-10)13-4-2-3-5-14(13)19/h2-9,16H,1H3,(H,22,24)(H2,21,23,25)/t16-/m0/s1. The molecule has 4 nitrogen and oxygen atoms in total. The van der Waals surface area contributed by atoms with Crippen molar-refractivity contribution in [1.82, 2.24) is 10.6 Å². The molecule has 3 N–H and O–H groups in total. The Hall–Kier alpha value is -2.25. The number of benzene rings is 2. The van der Waals surface area contributed by atoms with Crippen molar-refractivity contribution < 1.29 is 9.18 Å². The molecule has 0 aliphatic carbocycles. The predicted molar refractivity (Wildman–Crippen MR) is 103 cm³/mol. The summed E-state index contributed by atoms with van der Waals surface area (Å²) in [5.41, 5.74) is 2.61. The van der Waals surface area contributed by atoms with E-state index >= 15 is 0 Å². The first kappa shape index (κ1) is 17.6. The highest BCUT2D eigenvalue weighted by Crippen LogP contribution is 2.32. The number of carbonyl (C=O) groups excluding carboxylic acids is 1. The Morgan fingerprint density at radius 3 is 2.56 bits per heavy atom. The Balaban J connectivity index is 1.96. The fraction of sp³-hybridized carbons (Fsp3) is 0.111. The van der Waals surface area contributed by atoms with Crippen molar-refractivity contribution in [3.05, 3.63) is 75.7 Å². The highest BCUT2D eigenvalue weighted by atomic mass is 79.9. The van der Waals surface area contributed by atoms with Gasteiger partial charge in [0.25, 0.3) is 5.91 Å². The molecule has 2 aromatic carbocycles. The molecule has 3 rings (SSSR count). The Bertz CT molecular complexity index is 867. The third kappa shape index (κ3) is 3.88. The summed E-state index contributed by atoms with van der Waals surface area (Å²) in [4.78, 5) is 12.9. The molecule has 0 unspecified atom stereocenters. The van der Waals surface area contributed by atoms with Crippen LogP contribution in [-0.4, -0.2) is 11.0 Å². The van der Waals surface area contributed by atoms with E-state index in [0.717, 1.165) is 10.0 Å². The minimum atomic E-state index is -0.398. The van der Waals surface area contributed by atoms with Crippen molar-refractivity contribution in [3.63, 3.8) is 0 Å². The molecule has 1 aliphatic heterocycles. The van der Waals surface area contributed by atoms with Gasteiger partial charge in [-0.05, 0) is 55.0 Å². The minimum absolute atomic E-state index is 0.285. The molecule has 25 heavy (non-hydrogen) atoms. The highest BCUT2D eigenvalue weighted by Gasteiger charge is 2.30. The number of carbonyl (C=O) groups is 1. The first-order valence-electron chi connectivity index (χ1n) is 7.55. The first-order valence-corrected chi connectivity index (χ1v) is 8.75. The van der Waals surface area contributed by atoms with Crippen molar-refractivity contribution in [2.24, 2.45) is 0 Å². The van der Waals surface area contributed by atoms with Gasteiger partial charge in [0.15, 0.2) is 5.11 Å². The molecular weight excluding hydrogens is 405 g/mol. The lowest BCUT2D eigenvalue weighted by molar-refractivity contribution is -0.113. The maximum atomic E-state index is 13.1. The van der Waals surface area contributed by atoms with Gasteiger partial charge in [-0.25, -0.2) is 4.39 Å². The van der Waals surface area contributed by atoms with E-state index in [4.69, 9.17) is 12.2 Å². The number of hydrogen-bond acceptors (Lipinski definition) is 2. The van der Waals surface area contributed by atoms with Gasteiger partial charge in [-0.15, -0.1) is 0 Å². The number of nitrogens with one attached hydrogen (secondary N) is 3. The Labute approximate surface area is 158 Å². The number of amides is 1. The van der Waals surface area contributed by atoms with E-state index in [-0.39, 0.29) is 11.7 Å². The number of hydrogen-bond donors (Lipinski definition) is 3. The highest BCUT2D eigenvalue weighted by molar-refractivity contribution is 9.10. The fourth-order valence-corrected chi connectivity index (χ4v) is 3.45. The van der Waals surface area contributed by atoms with E-state index in [1.807, 2.05) is 24.3 Å². The Morgan fingerprint density at radius 2 is 1.88 bits per heavy atom. The number of rotatable bonds is 3. The van der Waals surface area contributed by atoms with E-state index < -0.39 is 6.04 Å². The van der Waals surface area contributed by atoms with Gasteiger partial charge < -0.3 is 16.0 Å². The third-order valence-corrected chi connectivity index (χ3v) is 4.77. The van der Waals surface area contributed by atoms with Crippen LogP contribution in [-0.2, 0) is 4.79 Å². The summed E-state index contributed by atoms with van der Waals surface area (Å²) in [6, 6.07) is 12.9. The van der Waals surface area contributed by atoms with E-state index in [1.165, 1.54) is 24.3 Å². The molecule has 1 aliphatic rings. The molecule has 0 bridgehead atoms. The second-order valence-electron chi connectivity index (χ2n) is 5.55. The van der Waals surface area contributed by atoms with Gasteiger partial charge in [0.05, 0.1) is 11.6 Å². The molecule has 0 aromatic heterocycles. The van der Waals surface area contributed by atoms with Crippen LogP contribution in [0.2, 0.25) is 0 Å². The average molecular weight is 420 g/mol. The van der Waals surface area contributed by atoms with Crippen molar-refractivity contribution in [3.8, 4) is 0 Å². The second kappa shape index (κ2) is 7.33. The largest absolute Gasteiger partial charge is 0.351 e. The van der Waals surface area contributed by atoms with Gasteiger partial charge in [0.1, 0.15) is 5.82 Å². The summed E-state index contributed by atoms with van der Waals surface area (Å²) in [6.45, 7) is 1.80. The maximum absolute atomic E-state index is 13.1. The van der Waals surface area contributed by atoms with Gasteiger partial charge in [0, 0.05) is 15.9 Å². The van der Waals surface area contributed by atoms with Crippen LogP contribution < -0.4 is 16.0 Å². The number of halogens is 2. The van der Waals surface area contributed by atoms with Gasteiger partial charge in [-0.3, -0.25) is 4.79 Å². The lowest BCUT2D eigenvalue weighted by Crippen LogP contribution is -2.45. The van der Waals surface area contributed by atoms with Crippen molar-refractivity contribution in [1.29, 1.82) is 0 Å². The van der Waals surface area contributed by atoms with Crippen LogP contribution in [0.15, 0.2) is 64.3 Å². The van der Waals surface area contributed by atoms with Crippen LogP contribution >= 0.6 is 28.1 Å². The molecule has 0 spiro atoms. The number of allylic oxidation sites excluding steroid dienone is 1. The number of thiocarbonyl (C=S) groups is 1. The van der Waals surface area contributed by atoms with Crippen LogP contribution in [0.1, 0.15) is 18.5 Å². The summed E-state index contributed by atoms with van der Waals surface area (Å²) < 4.78 is 13.9. The summed E-state index contributed by atoms with van der Waals surface area (Å²) in [5, 5.41) is 9.39. The maximum Gasteiger partial charge on any atom is 0.255 e. The van der Waals surface area contributed by atoms with Crippen molar-refractivity contribution in [2.45, 2.75) is 13.0 Å². The van der Waals surface area contributed by atoms with E-state index in [2.05, 4.69) is 31.9 Å². The molecule has 1 heterocycles. The Morgan fingerprint density at radius 1 is 1.20 bits per heavy atom. The molecule has 0 saturated carbocycles. The molecule has 0 fully saturated rings. The summed E-state index contributed by atoms with van der Waals surface area (Å²) in [7, 11) is 0. The van der Waals surface area contributed by atoms with E-state index in [1.54, 1.807) is 6.92 Å². The van der Waals surface area contributed by atoms with Crippen LogP contribution in [0.3, 0.4) is 0 Å². The van der Waals surface area contributed by atoms with Crippen LogP contribution in [0, 0.1) is 5.82 Å². The van der Waals surface area contributed by atoms with Crippen LogP contribution in [0.25, 0.3) is 0 Å². The minimum Gasteiger partial charge on any atom is -0.351 e. The van der Waals surface area contributed by atoms with E-state index in [0.29, 0.717) is 22.1 Å². The summed E-state index contributed by atoms with van der Waals surface area (Å²) in [6.07, 6.45) is 0. The molecule has 1 atom stereocenters. The van der Waals surface area contributed by atoms with E-state index in [9.17, 15) is 9.18 Å². The molecule has 128 valence electrons. The Kier molecular flexibility index (Phi) is 5.15. The smallest absolute Gasteiger partial charge is 0.255 e. The van der Waals surface area contributed by atoms with Crippen LogP contribution in [0.4, 0.5) is 10.1 Å².